The molecule has 0 unspecified atom stereocenters. The van der Waals surface area contributed by atoms with Crippen molar-refractivity contribution in [2.75, 3.05) is 12.4 Å². The lowest BCUT2D eigenvalue weighted by Crippen LogP contribution is -2.71. The first-order chi connectivity index (χ1) is 13.6. The molecule has 3 rings (SSSR count). The summed E-state index contributed by atoms with van der Waals surface area (Å²) in [5, 5.41) is 16.1. The van der Waals surface area contributed by atoms with Gasteiger partial charge >= 0.3 is 11.9 Å². The number of halogens is 1. The molecule has 10 nitrogen and oxygen atoms in total. The van der Waals surface area contributed by atoms with E-state index in [2.05, 4.69) is 10.4 Å². The van der Waals surface area contributed by atoms with Crippen molar-refractivity contribution in [2.45, 2.75) is 38.2 Å². The number of aliphatic carboxylic acids is 1. The van der Waals surface area contributed by atoms with Crippen LogP contribution in [0.4, 0.5) is 0 Å². The number of hydrogen-bond donors (Lipinski definition) is 2. The average molecular weight is 443 g/mol. The molecule has 29 heavy (non-hydrogen) atoms. The quantitative estimate of drug-likeness (QED) is 0.486. The molecule has 3 heterocycles. The summed E-state index contributed by atoms with van der Waals surface area (Å²) in [5.41, 5.74) is 0.754. The van der Waals surface area contributed by atoms with Crippen LogP contribution >= 0.6 is 23.4 Å². The Morgan fingerprint density at radius 3 is 2.72 bits per heavy atom. The Morgan fingerprint density at radius 1 is 1.48 bits per heavy atom. The molecular weight excluding hydrogens is 424 g/mol. The summed E-state index contributed by atoms with van der Waals surface area (Å²) in [7, 11) is 0. The number of amides is 2. The number of hydrogen-bond acceptors (Lipinski definition) is 7. The number of carbonyl (C=O) groups is 4. The number of carboxylic acid groups (broad SMARTS) is 1. The van der Waals surface area contributed by atoms with E-state index >= 15 is 0 Å². The van der Waals surface area contributed by atoms with Crippen LogP contribution in [0.5, 0.6) is 0 Å². The summed E-state index contributed by atoms with van der Waals surface area (Å²) in [4.78, 5) is 49.1. The molecular formula is C17H19ClN4O6S. The van der Waals surface area contributed by atoms with Gasteiger partial charge in [-0.3, -0.25) is 24.0 Å². The minimum absolute atomic E-state index is 0.201. The Morgan fingerprint density at radius 2 is 2.17 bits per heavy atom. The van der Waals surface area contributed by atoms with Gasteiger partial charge in [0.1, 0.15) is 29.8 Å². The predicted molar refractivity (Wildman–Crippen MR) is 103 cm³/mol. The first kappa shape index (κ1) is 21.2. The third-order valence-electron chi connectivity index (χ3n) is 4.73. The Balaban J connectivity index is 1.73. The van der Waals surface area contributed by atoms with Crippen LogP contribution in [0.15, 0.2) is 17.5 Å². The van der Waals surface area contributed by atoms with Gasteiger partial charge < -0.3 is 15.2 Å². The van der Waals surface area contributed by atoms with Gasteiger partial charge in [-0.25, -0.2) is 4.79 Å². The largest absolute Gasteiger partial charge is 0.477 e. The van der Waals surface area contributed by atoms with E-state index in [0.29, 0.717) is 16.3 Å². The zero-order valence-corrected chi connectivity index (χ0v) is 17.4. The second kappa shape index (κ2) is 8.07. The molecule has 0 radical (unpaired) electrons. The molecule has 3 atom stereocenters. The van der Waals surface area contributed by atoms with Crippen LogP contribution in [0.25, 0.3) is 0 Å². The van der Waals surface area contributed by atoms with Crippen molar-refractivity contribution < 1.29 is 29.0 Å². The predicted octanol–water partition coefficient (Wildman–Crippen LogP) is 0.708. The minimum atomic E-state index is -1.29. The highest BCUT2D eigenvalue weighted by molar-refractivity contribution is 8.00. The standard InChI is InChI=1S/C17H19ClN4O6S/c1-7-11(18)4-19-22(7)8(2)14(24)20-12-15(25)21-13(17(26)27)10(5-28-9(3)23)6-29-16(12)21/h4,8,12,16H,5-6H2,1-3H3,(H,20,24)(H,26,27)/t8-,12-,16+/m0/s1. The monoisotopic (exact) mass is 442 g/mol. The van der Waals surface area contributed by atoms with Gasteiger partial charge in [-0.2, -0.15) is 5.10 Å². The van der Waals surface area contributed by atoms with Crippen molar-refractivity contribution in [3.63, 3.8) is 0 Å². The molecule has 2 amide bonds. The number of carbonyl (C=O) groups excluding carboxylic acids is 3. The number of nitrogens with zero attached hydrogens (tertiary/aromatic N) is 3. The van der Waals surface area contributed by atoms with Crippen LogP contribution in [-0.4, -0.2) is 67.3 Å². The molecule has 12 heteroatoms. The van der Waals surface area contributed by atoms with Crippen molar-refractivity contribution in [1.82, 2.24) is 20.0 Å². The summed E-state index contributed by atoms with van der Waals surface area (Å²) in [5.74, 6) is -2.53. The molecule has 2 N–H and O–H groups in total. The van der Waals surface area contributed by atoms with Crippen molar-refractivity contribution in [3.8, 4) is 0 Å². The van der Waals surface area contributed by atoms with E-state index in [0.717, 1.165) is 4.90 Å². The second-order valence-electron chi connectivity index (χ2n) is 6.63. The van der Waals surface area contributed by atoms with Gasteiger partial charge in [0, 0.05) is 18.2 Å². The van der Waals surface area contributed by atoms with Gasteiger partial charge in [0.15, 0.2) is 0 Å². The van der Waals surface area contributed by atoms with Gasteiger partial charge in [-0.1, -0.05) is 11.6 Å². The summed E-state index contributed by atoms with van der Waals surface area (Å²) >= 11 is 7.27. The number of fused-ring (bicyclic) bond motifs is 1. The van der Waals surface area contributed by atoms with Crippen LogP contribution in [0.1, 0.15) is 25.6 Å². The molecule has 1 aromatic heterocycles. The molecule has 2 aliphatic heterocycles. The Kier molecular flexibility index (Phi) is 5.90. The highest BCUT2D eigenvalue weighted by Gasteiger charge is 2.54. The topological polar surface area (TPSA) is 131 Å². The Hall–Kier alpha value is -2.53. The molecule has 2 aliphatic rings. The van der Waals surface area contributed by atoms with E-state index < -0.39 is 41.2 Å². The lowest BCUT2D eigenvalue weighted by Gasteiger charge is -2.49. The zero-order chi connectivity index (χ0) is 21.5. The van der Waals surface area contributed by atoms with Crippen LogP contribution < -0.4 is 5.32 Å². The molecule has 0 spiro atoms. The van der Waals surface area contributed by atoms with Crippen molar-refractivity contribution in [2.24, 2.45) is 0 Å². The molecule has 1 fully saturated rings. The number of carboxylic acids is 1. The van der Waals surface area contributed by atoms with E-state index in [-0.39, 0.29) is 18.1 Å². The highest BCUT2D eigenvalue weighted by Crippen LogP contribution is 2.40. The minimum Gasteiger partial charge on any atom is -0.477 e. The highest BCUT2D eigenvalue weighted by atomic mass is 35.5. The number of β-lactam (4-membered cyclic amide) rings is 1. The molecule has 0 aromatic carbocycles. The second-order valence-corrected chi connectivity index (χ2v) is 8.14. The van der Waals surface area contributed by atoms with E-state index in [4.69, 9.17) is 16.3 Å². The number of rotatable bonds is 6. The number of thioether (sulfide) groups is 1. The smallest absolute Gasteiger partial charge is 0.352 e. The number of ether oxygens (including phenoxy) is 1. The molecule has 156 valence electrons. The van der Waals surface area contributed by atoms with Gasteiger partial charge in [-0.05, 0) is 13.8 Å². The van der Waals surface area contributed by atoms with Crippen LogP contribution in [-0.2, 0) is 23.9 Å². The summed E-state index contributed by atoms with van der Waals surface area (Å²) in [6.45, 7) is 4.37. The third-order valence-corrected chi connectivity index (χ3v) is 6.44. The molecule has 0 aliphatic carbocycles. The van der Waals surface area contributed by atoms with Crippen molar-refractivity contribution in [1.29, 1.82) is 0 Å². The fourth-order valence-electron chi connectivity index (χ4n) is 3.16. The van der Waals surface area contributed by atoms with Crippen LogP contribution in [0.3, 0.4) is 0 Å². The molecule has 1 saturated heterocycles. The first-order valence-corrected chi connectivity index (χ1v) is 10.1. The number of aromatic nitrogens is 2. The fourth-order valence-corrected chi connectivity index (χ4v) is 4.62. The lowest BCUT2D eigenvalue weighted by atomic mass is 10.0. The molecule has 0 bridgehead atoms. The van der Waals surface area contributed by atoms with E-state index in [1.54, 1.807) is 13.8 Å². The maximum Gasteiger partial charge on any atom is 0.352 e. The molecule has 0 saturated carbocycles. The maximum absolute atomic E-state index is 12.6. The average Bonchev–Trinajstić information content (AvgIpc) is 3.01. The van der Waals surface area contributed by atoms with Gasteiger partial charge in [0.05, 0.1) is 16.9 Å². The summed E-state index contributed by atoms with van der Waals surface area (Å²) < 4.78 is 6.34. The first-order valence-electron chi connectivity index (χ1n) is 8.66. The third kappa shape index (κ3) is 3.84. The Labute approximate surface area is 175 Å². The SMILES string of the molecule is CC(=O)OCC1=C(C(=O)O)N2C(=O)[C@H](NC(=O)[C@H](C)n3ncc(Cl)c3C)[C@H]2SC1. The van der Waals surface area contributed by atoms with E-state index in [1.807, 2.05) is 0 Å². The fraction of sp³-hybridized carbons (Fsp3) is 0.471. The normalized spacial score (nSPS) is 21.9. The van der Waals surface area contributed by atoms with E-state index in [9.17, 15) is 24.3 Å². The van der Waals surface area contributed by atoms with Gasteiger partial charge in [-0.15, -0.1) is 11.8 Å². The van der Waals surface area contributed by atoms with Crippen LogP contribution in [0.2, 0.25) is 5.02 Å². The van der Waals surface area contributed by atoms with Crippen molar-refractivity contribution >= 4 is 47.1 Å². The lowest BCUT2D eigenvalue weighted by molar-refractivity contribution is -0.151. The summed E-state index contributed by atoms with van der Waals surface area (Å²) in [6, 6.07) is -1.56. The van der Waals surface area contributed by atoms with Gasteiger partial charge in [0.25, 0.3) is 5.91 Å². The molecule has 1 aromatic rings. The summed E-state index contributed by atoms with van der Waals surface area (Å²) in [6.07, 6.45) is 1.43. The number of nitrogens with one attached hydrogen (secondary N) is 1. The van der Waals surface area contributed by atoms with Crippen LogP contribution in [0, 0.1) is 6.92 Å². The van der Waals surface area contributed by atoms with Gasteiger partial charge in [0.2, 0.25) is 5.91 Å². The maximum atomic E-state index is 12.6. The Bertz CT molecular complexity index is 929. The van der Waals surface area contributed by atoms with E-state index in [1.165, 1.54) is 29.6 Å². The zero-order valence-electron chi connectivity index (χ0n) is 15.8. The number of esters is 1. The van der Waals surface area contributed by atoms with Crippen molar-refractivity contribution in [3.05, 3.63) is 28.2 Å².